The van der Waals surface area contributed by atoms with Crippen molar-refractivity contribution in [3.8, 4) is 0 Å². The number of halogens is 2. The standard InChI is InChI=1S/C28H22Cl2N4O3S/c1-16-7-9-32-25(10-16)33-27(36)20-6-5-17(11-21(20)29)15-34-22(14-19-4-2-3-8-31-19)23(35)12-18-13-24(30)38-26(18)28(34)37/h2-11,13,22H,12,14-15H2,1H3,(H,32,33,36). The summed E-state index contributed by atoms with van der Waals surface area (Å²) in [4.78, 5) is 50.4. The second kappa shape index (κ2) is 11.0. The number of rotatable bonds is 6. The molecule has 4 heterocycles. The minimum absolute atomic E-state index is 0.0926. The molecule has 0 spiro atoms. The van der Waals surface area contributed by atoms with Gasteiger partial charge in [0.05, 0.1) is 25.8 Å². The van der Waals surface area contributed by atoms with Gasteiger partial charge in [-0.1, -0.05) is 35.3 Å². The molecule has 4 aromatic rings. The van der Waals surface area contributed by atoms with Crippen LogP contribution in [0.1, 0.15) is 42.4 Å². The van der Waals surface area contributed by atoms with Crippen molar-refractivity contribution in [1.82, 2.24) is 14.9 Å². The number of Topliss-reactive ketones (excluding diaryl/α,β-unsaturated/α-hetero) is 1. The molecule has 0 bridgehead atoms. The summed E-state index contributed by atoms with van der Waals surface area (Å²) in [5, 5.41) is 2.97. The van der Waals surface area contributed by atoms with E-state index in [0.29, 0.717) is 31.9 Å². The molecular weight excluding hydrogens is 543 g/mol. The number of carbonyl (C=O) groups excluding carboxylic acids is 3. The molecule has 0 saturated carbocycles. The molecule has 1 aromatic carbocycles. The fraction of sp³-hybridized carbons (Fsp3) is 0.179. The fourth-order valence-corrected chi connectivity index (χ4v) is 5.92. The summed E-state index contributed by atoms with van der Waals surface area (Å²) in [5.41, 5.74) is 3.26. The van der Waals surface area contributed by atoms with Gasteiger partial charge in [-0.25, -0.2) is 4.98 Å². The summed E-state index contributed by atoms with van der Waals surface area (Å²) in [6.45, 7) is 2.03. The largest absolute Gasteiger partial charge is 0.323 e. The molecule has 0 aliphatic carbocycles. The van der Waals surface area contributed by atoms with Gasteiger partial charge in [0, 0.05) is 37.5 Å². The average Bonchev–Trinajstić information content (AvgIpc) is 3.22. The Morgan fingerprint density at radius 3 is 2.66 bits per heavy atom. The third-order valence-corrected chi connectivity index (χ3v) is 7.87. The predicted molar refractivity (Wildman–Crippen MR) is 148 cm³/mol. The predicted octanol–water partition coefficient (Wildman–Crippen LogP) is 5.78. The fourth-order valence-electron chi connectivity index (χ4n) is 4.41. The number of nitrogens with zero attached hydrogens (tertiary/aromatic N) is 3. The Morgan fingerprint density at radius 1 is 1.08 bits per heavy atom. The number of hydrogen-bond donors (Lipinski definition) is 1. The Labute approximate surface area is 233 Å². The molecule has 0 fully saturated rings. The number of fused-ring (bicyclic) bond motifs is 1. The molecular formula is C28H22Cl2N4O3S. The van der Waals surface area contributed by atoms with Gasteiger partial charge in [-0.2, -0.15) is 0 Å². The van der Waals surface area contributed by atoms with Crippen LogP contribution in [0.15, 0.2) is 67.0 Å². The van der Waals surface area contributed by atoms with E-state index in [1.807, 2.05) is 25.1 Å². The molecule has 5 rings (SSSR count). The van der Waals surface area contributed by atoms with Gasteiger partial charge in [0.15, 0.2) is 5.78 Å². The number of carbonyl (C=O) groups is 3. The normalized spacial score (nSPS) is 15.2. The average molecular weight is 565 g/mol. The highest BCUT2D eigenvalue weighted by Crippen LogP contribution is 2.33. The summed E-state index contributed by atoms with van der Waals surface area (Å²) in [6.07, 6.45) is 3.68. The Morgan fingerprint density at radius 2 is 1.92 bits per heavy atom. The monoisotopic (exact) mass is 564 g/mol. The molecule has 7 nitrogen and oxygen atoms in total. The zero-order valence-electron chi connectivity index (χ0n) is 20.3. The molecule has 1 unspecified atom stereocenters. The van der Waals surface area contributed by atoms with E-state index in [-0.39, 0.29) is 41.7 Å². The van der Waals surface area contributed by atoms with E-state index in [0.717, 1.165) is 5.56 Å². The summed E-state index contributed by atoms with van der Waals surface area (Å²) < 4.78 is 0.459. The second-order valence-electron chi connectivity index (χ2n) is 9.01. The molecule has 1 atom stereocenters. The van der Waals surface area contributed by atoms with E-state index < -0.39 is 11.9 Å². The second-order valence-corrected chi connectivity index (χ2v) is 11.1. The van der Waals surface area contributed by atoms with Crippen molar-refractivity contribution in [3.63, 3.8) is 0 Å². The molecule has 2 amide bonds. The molecule has 1 aliphatic heterocycles. The summed E-state index contributed by atoms with van der Waals surface area (Å²) in [6, 6.07) is 15.0. The van der Waals surface area contributed by atoms with Gasteiger partial charge in [-0.05, 0) is 66.1 Å². The molecule has 38 heavy (non-hydrogen) atoms. The molecule has 192 valence electrons. The number of pyridine rings is 2. The van der Waals surface area contributed by atoms with Crippen LogP contribution in [0.4, 0.5) is 5.82 Å². The zero-order valence-corrected chi connectivity index (χ0v) is 22.6. The van der Waals surface area contributed by atoms with Gasteiger partial charge in [-0.3, -0.25) is 19.4 Å². The zero-order chi connectivity index (χ0) is 26.8. The lowest BCUT2D eigenvalue weighted by Gasteiger charge is -2.29. The molecule has 0 radical (unpaired) electrons. The van der Waals surface area contributed by atoms with E-state index in [9.17, 15) is 14.4 Å². The van der Waals surface area contributed by atoms with Gasteiger partial charge >= 0.3 is 0 Å². The number of benzene rings is 1. The van der Waals surface area contributed by atoms with Crippen molar-refractivity contribution in [2.24, 2.45) is 0 Å². The Hall–Kier alpha value is -3.59. The van der Waals surface area contributed by atoms with Crippen LogP contribution in [-0.4, -0.2) is 38.5 Å². The first-order chi connectivity index (χ1) is 18.3. The number of thiophene rings is 1. The molecule has 0 saturated heterocycles. The van der Waals surface area contributed by atoms with E-state index in [1.54, 1.807) is 53.7 Å². The van der Waals surface area contributed by atoms with Crippen molar-refractivity contribution >= 4 is 58.0 Å². The van der Waals surface area contributed by atoms with Crippen molar-refractivity contribution in [2.45, 2.75) is 32.4 Å². The highest BCUT2D eigenvalue weighted by molar-refractivity contribution is 7.18. The third kappa shape index (κ3) is 5.62. The van der Waals surface area contributed by atoms with Gasteiger partial charge in [0.2, 0.25) is 0 Å². The number of amides is 2. The Balaban J connectivity index is 1.43. The van der Waals surface area contributed by atoms with Gasteiger partial charge < -0.3 is 10.2 Å². The van der Waals surface area contributed by atoms with Crippen LogP contribution >= 0.6 is 34.5 Å². The van der Waals surface area contributed by atoms with E-state index >= 15 is 0 Å². The lowest BCUT2D eigenvalue weighted by atomic mass is 10.0. The minimum atomic E-state index is -0.718. The van der Waals surface area contributed by atoms with Crippen LogP contribution in [0.25, 0.3) is 0 Å². The maximum Gasteiger partial charge on any atom is 0.265 e. The molecule has 1 aliphatic rings. The maximum absolute atomic E-state index is 13.7. The number of aryl methyl sites for hydroxylation is 1. The van der Waals surface area contributed by atoms with Crippen LogP contribution in [0, 0.1) is 6.92 Å². The first-order valence-electron chi connectivity index (χ1n) is 11.8. The summed E-state index contributed by atoms with van der Waals surface area (Å²) in [5.74, 6) is -0.338. The van der Waals surface area contributed by atoms with Crippen molar-refractivity contribution < 1.29 is 14.4 Å². The van der Waals surface area contributed by atoms with Crippen LogP contribution in [0.3, 0.4) is 0 Å². The quantitative estimate of drug-likeness (QED) is 0.320. The first kappa shape index (κ1) is 26.0. The lowest BCUT2D eigenvalue weighted by Crippen LogP contribution is -2.44. The van der Waals surface area contributed by atoms with Gasteiger partial charge in [0.1, 0.15) is 5.82 Å². The SMILES string of the molecule is Cc1ccnc(NC(=O)c2ccc(CN3C(=O)c4sc(Cl)cc4CC(=O)C3Cc3ccccn3)cc2Cl)c1. The van der Waals surface area contributed by atoms with E-state index in [4.69, 9.17) is 23.2 Å². The minimum Gasteiger partial charge on any atom is -0.323 e. The smallest absolute Gasteiger partial charge is 0.265 e. The number of hydrogen-bond acceptors (Lipinski definition) is 6. The van der Waals surface area contributed by atoms with E-state index in [1.165, 1.54) is 11.3 Å². The first-order valence-corrected chi connectivity index (χ1v) is 13.4. The van der Waals surface area contributed by atoms with Crippen LogP contribution in [0.5, 0.6) is 0 Å². The third-order valence-electron chi connectivity index (χ3n) is 6.26. The Bertz CT molecular complexity index is 1540. The van der Waals surface area contributed by atoms with Crippen LogP contribution in [-0.2, 0) is 24.2 Å². The number of aromatic nitrogens is 2. The molecule has 10 heteroatoms. The topological polar surface area (TPSA) is 92.3 Å². The van der Waals surface area contributed by atoms with Crippen molar-refractivity contribution in [1.29, 1.82) is 0 Å². The number of anilines is 1. The van der Waals surface area contributed by atoms with Crippen LogP contribution < -0.4 is 5.32 Å². The maximum atomic E-state index is 13.7. The van der Waals surface area contributed by atoms with E-state index in [2.05, 4.69) is 15.3 Å². The van der Waals surface area contributed by atoms with Crippen molar-refractivity contribution in [2.75, 3.05) is 5.32 Å². The number of ketones is 1. The lowest BCUT2D eigenvalue weighted by molar-refractivity contribution is -0.122. The van der Waals surface area contributed by atoms with Crippen LogP contribution in [0.2, 0.25) is 9.36 Å². The summed E-state index contributed by atoms with van der Waals surface area (Å²) in [7, 11) is 0. The van der Waals surface area contributed by atoms with Gasteiger partial charge in [0.25, 0.3) is 11.8 Å². The highest BCUT2D eigenvalue weighted by Gasteiger charge is 2.37. The van der Waals surface area contributed by atoms with Gasteiger partial charge in [-0.15, -0.1) is 11.3 Å². The molecule has 1 N–H and O–H groups in total. The molecule has 3 aromatic heterocycles. The number of nitrogens with one attached hydrogen (secondary N) is 1. The Kier molecular flexibility index (Phi) is 7.56. The summed E-state index contributed by atoms with van der Waals surface area (Å²) >= 11 is 13.9. The van der Waals surface area contributed by atoms with Crippen molar-refractivity contribution in [3.05, 3.63) is 109 Å². The highest BCUT2D eigenvalue weighted by atomic mass is 35.5.